The van der Waals surface area contributed by atoms with Crippen LogP contribution in [0.5, 0.6) is 0 Å². The molecule has 1 aliphatic heterocycles. The number of para-hydroxylation sites is 2. The number of carboxylic acid groups (broad SMARTS) is 1. The number of nitrogens with one attached hydrogen (secondary N) is 2. The van der Waals surface area contributed by atoms with Gasteiger partial charge in [0.25, 0.3) is 0 Å². The van der Waals surface area contributed by atoms with Crippen molar-refractivity contribution in [3.8, 4) is 0 Å². The molecule has 1 aliphatic rings. The topological polar surface area (TPSA) is 116 Å². The zero-order valence-electron chi connectivity index (χ0n) is 14.8. The van der Waals surface area contributed by atoms with Crippen LogP contribution in [0.25, 0.3) is 0 Å². The Hall–Kier alpha value is -2.90. The molecule has 0 unspecified atom stereocenters. The van der Waals surface area contributed by atoms with Crippen molar-refractivity contribution in [3.05, 3.63) is 24.3 Å². The Morgan fingerprint density at radius 2 is 1.96 bits per heavy atom. The summed E-state index contributed by atoms with van der Waals surface area (Å²) in [4.78, 5) is 48.9. The number of anilines is 2. The van der Waals surface area contributed by atoms with Crippen molar-refractivity contribution in [3.63, 3.8) is 0 Å². The molecule has 0 radical (unpaired) electrons. The average molecular weight is 361 g/mol. The summed E-state index contributed by atoms with van der Waals surface area (Å²) in [6.07, 6.45) is 0.357. The smallest absolute Gasteiger partial charge is 0.326 e. The molecule has 0 spiro atoms. The Bertz CT molecular complexity index is 719. The minimum atomic E-state index is -1.10. The SMILES string of the molecule is CC[C@H](C)[C@H](NC(=O)CCC(=O)N1CC(=O)Nc2ccccc21)C(=O)O. The van der Waals surface area contributed by atoms with Crippen molar-refractivity contribution in [1.82, 2.24) is 5.32 Å². The molecule has 8 nitrogen and oxygen atoms in total. The second kappa shape index (κ2) is 8.46. The van der Waals surface area contributed by atoms with Gasteiger partial charge in [-0.1, -0.05) is 32.4 Å². The van der Waals surface area contributed by atoms with Crippen LogP contribution in [-0.2, 0) is 19.2 Å². The minimum Gasteiger partial charge on any atom is -0.480 e. The first-order valence-electron chi connectivity index (χ1n) is 8.54. The predicted octanol–water partition coefficient (Wildman–Crippen LogP) is 1.37. The van der Waals surface area contributed by atoms with Crippen LogP contribution in [0.4, 0.5) is 11.4 Å². The van der Waals surface area contributed by atoms with Crippen LogP contribution in [0.1, 0.15) is 33.1 Å². The third-order valence-corrected chi connectivity index (χ3v) is 4.43. The molecule has 0 aliphatic carbocycles. The van der Waals surface area contributed by atoms with E-state index < -0.39 is 17.9 Å². The Kier molecular flexibility index (Phi) is 6.32. The number of aliphatic carboxylic acids is 1. The average Bonchev–Trinajstić information content (AvgIpc) is 2.62. The summed E-state index contributed by atoms with van der Waals surface area (Å²) < 4.78 is 0. The zero-order chi connectivity index (χ0) is 19.3. The molecule has 2 atom stereocenters. The van der Waals surface area contributed by atoms with Gasteiger partial charge in [0.2, 0.25) is 17.7 Å². The molecule has 0 bridgehead atoms. The molecular formula is C18H23N3O5. The number of fused-ring (bicyclic) bond motifs is 1. The van der Waals surface area contributed by atoms with E-state index in [1.54, 1.807) is 31.2 Å². The maximum atomic E-state index is 12.5. The molecule has 3 N–H and O–H groups in total. The molecule has 8 heteroatoms. The number of nitrogens with zero attached hydrogens (tertiary/aromatic N) is 1. The summed E-state index contributed by atoms with van der Waals surface area (Å²) in [7, 11) is 0. The van der Waals surface area contributed by atoms with Crippen molar-refractivity contribution >= 4 is 35.1 Å². The predicted molar refractivity (Wildman–Crippen MR) is 95.7 cm³/mol. The molecule has 0 saturated carbocycles. The second-order valence-electron chi connectivity index (χ2n) is 6.31. The lowest BCUT2D eigenvalue weighted by Crippen LogP contribution is -2.46. The number of carbonyl (C=O) groups is 4. The van der Waals surface area contributed by atoms with Crippen LogP contribution in [0.3, 0.4) is 0 Å². The van der Waals surface area contributed by atoms with Crippen molar-refractivity contribution < 1.29 is 24.3 Å². The molecular weight excluding hydrogens is 338 g/mol. The first kappa shape index (κ1) is 19.4. The quantitative estimate of drug-likeness (QED) is 0.678. The maximum Gasteiger partial charge on any atom is 0.326 e. The number of rotatable bonds is 7. The van der Waals surface area contributed by atoms with E-state index in [1.165, 1.54) is 4.90 Å². The van der Waals surface area contributed by atoms with Crippen LogP contribution in [-0.4, -0.2) is 41.4 Å². The van der Waals surface area contributed by atoms with Gasteiger partial charge in [-0.15, -0.1) is 0 Å². The van der Waals surface area contributed by atoms with Crippen LogP contribution in [0.15, 0.2) is 24.3 Å². The van der Waals surface area contributed by atoms with Gasteiger partial charge in [-0.3, -0.25) is 14.4 Å². The van der Waals surface area contributed by atoms with Crippen LogP contribution in [0.2, 0.25) is 0 Å². The maximum absolute atomic E-state index is 12.5. The number of amides is 3. The highest BCUT2D eigenvalue weighted by atomic mass is 16.4. The molecule has 1 aromatic carbocycles. The van der Waals surface area contributed by atoms with E-state index in [9.17, 15) is 24.3 Å². The van der Waals surface area contributed by atoms with Gasteiger partial charge in [-0.2, -0.15) is 0 Å². The van der Waals surface area contributed by atoms with E-state index in [4.69, 9.17) is 0 Å². The summed E-state index contributed by atoms with van der Waals surface area (Å²) in [5, 5.41) is 14.4. The molecule has 26 heavy (non-hydrogen) atoms. The van der Waals surface area contributed by atoms with E-state index in [2.05, 4.69) is 10.6 Å². The van der Waals surface area contributed by atoms with Gasteiger partial charge in [0.1, 0.15) is 12.6 Å². The van der Waals surface area contributed by atoms with Gasteiger partial charge in [-0.05, 0) is 18.1 Å². The van der Waals surface area contributed by atoms with Gasteiger partial charge < -0.3 is 20.6 Å². The monoisotopic (exact) mass is 361 g/mol. The van der Waals surface area contributed by atoms with Gasteiger partial charge in [-0.25, -0.2) is 4.79 Å². The lowest BCUT2D eigenvalue weighted by Gasteiger charge is -2.29. The highest BCUT2D eigenvalue weighted by Gasteiger charge is 2.28. The minimum absolute atomic E-state index is 0.109. The van der Waals surface area contributed by atoms with Crippen molar-refractivity contribution in [2.75, 3.05) is 16.8 Å². The Morgan fingerprint density at radius 1 is 1.27 bits per heavy atom. The number of carboxylic acids is 1. The first-order valence-corrected chi connectivity index (χ1v) is 8.54. The van der Waals surface area contributed by atoms with Gasteiger partial charge >= 0.3 is 5.97 Å². The zero-order valence-corrected chi connectivity index (χ0v) is 14.8. The molecule has 0 fully saturated rings. The molecule has 0 aromatic heterocycles. The molecule has 0 saturated heterocycles. The summed E-state index contributed by atoms with van der Waals surface area (Å²) in [5.74, 6) is -2.48. The number of hydrogen-bond donors (Lipinski definition) is 3. The summed E-state index contributed by atoms with van der Waals surface area (Å²) >= 11 is 0. The molecule has 140 valence electrons. The van der Waals surface area contributed by atoms with Gasteiger partial charge in [0, 0.05) is 12.8 Å². The summed E-state index contributed by atoms with van der Waals surface area (Å²) in [6.45, 7) is 3.48. The number of benzene rings is 1. The van der Waals surface area contributed by atoms with E-state index in [0.717, 1.165) is 0 Å². The third-order valence-electron chi connectivity index (χ3n) is 4.43. The highest BCUT2D eigenvalue weighted by molar-refractivity contribution is 6.10. The lowest BCUT2D eigenvalue weighted by atomic mass is 9.99. The van der Waals surface area contributed by atoms with Crippen molar-refractivity contribution in [2.24, 2.45) is 5.92 Å². The van der Waals surface area contributed by atoms with Gasteiger partial charge in [0.05, 0.1) is 11.4 Å². The standard InChI is InChI=1S/C18H23N3O5/c1-3-11(2)17(18(25)26)20-14(22)8-9-16(24)21-10-15(23)19-12-6-4-5-7-13(12)21/h4-7,11,17H,3,8-10H2,1-2H3,(H,19,23)(H,20,22)(H,25,26)/t11-,17-/m0/s1. The number of carbonyl (C=O) groups excluding carboxylic acids is 3. The fourth-order valence-corrected chi connectivity index (χ4v) is 2.74. The molecule has 1 heterocycles. The third kappa shape index (κ3) is 4.59. The van der Waals surface area contributed by atoms with E-state index in [1.807, 2.05) is 6.92 Å². The Balaban J connectivity index is 1.97. The lowest BCUT2D eigenvalue weighted by molar-refractivity contribution is -0.143. The number of hydrogen-bond acceptors (Lipinski definition) is 4. The first-order chi connectivity index (χ1) is 12.3. The van der Waals surface area contributed by atoms with Crippen LogP contribution >= 0.6 is 0 Å². The summed E-state index contributed by atoms with van der Waals surface area (Å²) in [5.41, 5.74) is 1.13. The second-order valence-corrected chi connectivity index (χ2v) is 6.31. The Labute approximate surface area is 151 Å². The highest BCUT2D eigenvalue weighted by Crippen LogP contribution is 2.29. The molecule has 1 aromatic rings. The van der Waals surface area contributed by atoms with Crippen molar-refractivity contribution in [1.29, 1.82) is 0 Å². The fourth-order valence-electron chi connectivity index (χ4n) is 2.74. The van der Waals surface area contributed by atoms with E-state index in [-0.39, 0.29) is 37.1 Å². The van der Waals surface area contributed by atoms with Crippen molar-refractivity contribution in [2.45, 2.75) is 39.2 Å². The van der Waals surface area contributed by atoms with E-state index in [0.29, 0.717) is 17.8 Å². The van der Waals surface area contributed by atoms with E-state index >= 15 is 0 Å². The normalized spacial score (nSPS) is 15.5. The summed E-state index contributed by atoms with van der Waals surface area (Å²) in [6, 6.07) is 5.94. The molecule has 3 amide bonds. The van der Waals surface area contributed by atoms with Crippen LogP contribution in [0, 0.1) is 5.92 Å². The molecule has 2 rings (SSSR count). The fraction of sp³-hybridized carbons (Fsp3) is 0.444. The Morgan fingerprint density at radius 3 is 2.62 bits per heavy atom. The largest absolute Gasteiger partial charge is 0.480 e. The van der Waals surface area contributed by atoms with Gasteiger partial charge in [0.15, 0.2) is 0 Å². The van der Waals surface area contributed by atoms with Crippen LogP contribution < -0.4 is 15.5 Å².